The number of nitro benzene ring substituents is 1. The zero-order valence-electron chi connectivity index (χ0n) is 16.9. The predicted molar refractivity (Wildman–Crippen MR) is 112 cm³/mol. The van der Waals surface area contributed by atoms with E-state index in [1.807, 2.05) is 0 Å². The van der Waals surface area contributed by atoms with E-state index in [9.17, 15) is 18.5 Å². The molecule has 6 nitrogen and oxygen atoms in total. The lowest BCUT2D eigenvalue weighted by Crippen LogP contribution is -2.17. The molecule has 0 heterocycles. The first-order valence-corrected chi connectivity index (χ1v) is 11.8. The predicted octanol–water partition coefficient (Wildman–Crippen LogP) is 5.60. The summed E-state index contributed by atoms with van der Waals surface area (Å²) in [6.07, 6.45) is 9.56. The number of rotatable bonds is 14. The van der Waals surface area contributed by atoms with Crippen molar-refractivity contribution in [2.45, 2.75) is 85.0 Å². The van der Waals surface area contributed by atoms with E-state index in [4.69, 9.17) is 0 Å². The summed E-state index contributed by atoms with van der Waals surface area (Å²) in [5, 5.41) is 11.4. The van der Waals surface area contributed by atoms with Crippen molar-refractivity contribution >= 4 is 21.4 Å². The van der Waals surface area contributed by atoms with Crippen LogP contribution in [0.3, 0.4) is 0 Å². The van der Waals surface area contributed by atoms with Crippen LogP contribution in [0.1, 0.15) is 83.3 Å². The number of nitrogens with one attached hydrogen (secondary N) is 1. The molecule has 0 atom stereocenters. The first kappa shape index (κ1) is 23.4. The van der Waals surface area contributed by atoms with Crippen molar-refractivity contribution < 1.29 is 13.3 Å². The maximum atomic E-state index is 12.2. The fourth-order valence-electron chi connectivity index (χ4n) is 3.09. The number of sulfonamides is 1. The monoisotopic (exact) mass is 398 g/mol. The summed E-state index contributed by atoms with van der Waals surface area (Å²) >= 11 is 0. The van der Waals surface area contributed by atoms with Crippen LogP contribution in [-0.4, -0.2) is 19.1 Å². The van der Waals surface area contributed by atoms with Gasteiger partial charge in [-0.05, 0) is 43.7 Å². The van der Waals surface area contributed by atoms with Crippen molar-refractivity contribution in [1.29, 1.82) is 0 Å². The third-order valence-corrected chi connectivity index (χ3v) is 6.01. The molecule has 27 heavy (non-hydrogen) atoms. The van der Waals surface area contributed by atoms with Crippen LogP contribution in [0.5, 0.6) is 0 Å². The van der Waals surface area contributed by atoms with Crippen molar-refractivity contribution in [3.05, 3.63) is 33.4 Å². The molecule has 0 saturated carbocycles. The van der Waals surface area contributed by atoms with Crippen LogP contribution in [0.15, 0.2) is 12.1 Å². The third-order valence-electron chi connectivity index (χ3n) is 4.73. The Kier molecular flexibility index (Phi) is 10.4. The smallest absolute Gasteiger partial charge is 0.270 e. The molecule has 0 fully saturated rings. The first-order chi connectivity index (χ1) is 12.8. The minimum atomic E-state index is -3.44. The topological polar surface area (TPSA) is 89.3 Å². The zero-order chi connectivity index (χ0) is 20.3. The molecule has 0 spiro atoms. The van der Waals surface area contributed by atoms with E-state index in [0.717, 1.165) is 62.5 Å². The highest BCUT2D eigenvalue weighted by Gasteiger charge is 2.19. The summed E-state index contributed by atoms with van der Waals surface area (Å²) in [6, 6.07) is 3.07. The molecule has 0 bridgehead atoms. The summed E-state index contributed by atoms with van der Waals surface area (Å²) < 4.78 is 27.1. The number of aryl methyl sites for hydroxylation is 2. The van der Waals surface area contributed by atoms with Crippen LogP contribution in [0.2, 0.25) is 0 Å². The molecule has 0 amide bonds. The Hall–Kier alpha value is -1.63. The van der Waals surface area contributed by atoms with Crippen LogP contribution in [-0.2, 0) is 22.9 Å². The highest BCUT2D eigenvalue weighted by Crippen LogP contribution is 2.31. The molecule has 0 aliphatic carbocycles. The molecule has 1 aromatic rings. The molecule has 0 unspecified atom stereocenters. The fourth-order valence-corrected chi connectivity index (χ4v) is 3.81. The molecular formula is C20H34N2O4S. The van der Waals surface area contributed by atoms with Gasteiger partial charge in [0.2, 0.25) is 10.0 Å². The Morgan fingerprint density at radius 1 is 0.889 bits per heavy atom. The number of unbranched alkanes of at least 4 members (excludes halogenated alkanes) is 6. The first-order valence-electron chi connectivity index (χ1n) is 10.1. The van der Waals surface area contributed by atoms with Crippen molar-refractivity contribution in [2.24, 2.45) is 0 Å². The van der Waals surface area contributed by atoms with Crippen molar-refractivity contribution in [3.8, 4) is 0 Å². The molecule has 1 aromatic carbocycles. The summed E-state index contributed by atoms with van der Waals surface area (Å²) in [6.45, 7) is 5.85. The van der Waals surface area contributed by atoms with Gasteiger partial charge >= 0.3 is 0 Å². The van der Waals surface area contributed by atoms with E-state index in [2.05, 4.69) is 18.6 Å². The number of non-ortho nitro benzene ring substituents is 1. The highest BCUT2D eigenvalue weighted by atomic mass is 32.2. The Balaban J connectivity index is 3.23. The summed E-state index contributed by atoms with van der Waals surface area (Å²) in [4.78, 5) is 11.0. The van der Waals surface area contributed by atoms with Gasteiger partial charge in [-0.15, -0.1) is 0 Å². The van der Waals surface area contributed by atoms with Gasteiger partial charge in [-0.1, -0.05) is 52.4 Å². The van der Waals surface area contributed by atoms with Gasteiger partial charge in [-0.2, -0.15) is 0 Å². The van der Waals surface area contributed by atoms with Crippen LogP contribution in [0.4, 0.5) is 11.4 Å². The average Bonchev–Trinajstić information content (AvgIpc) is 2.63. The molecule has 0 aromatic heterocycles. The SMILES string of the molecule is CCCCCCc1cc([N+](=O)[O-])cc(CCCCCC)c1NS(=O)(=O)CC. The Morgan fingerprint density at radius 2 is 1.37 bits per heavy atom. The highest BCUT2D eigenvalue weighted by molar-refractivity contribution is 7.92. The Bertz CT molecular complexity index is 669. The molecule has 7 heteroatoms. The molecule has 0 aliphatic rings. The second-order valence-corrected chi connectivity index (χ2v) is 9.03. The lowest BCUT2D eigenvalue weighted by atomic mass is 9.97. The normalized spacial score (nSPS) is 11.5. The Labute approximate surface area is 164 Å². The zero-order valence-corrected chi connectivity index (χ0v) is 17.7. The van der Waals surface area contributed by atoms with E-state index in [1.165, 1.54) is 12.1 Å². The van der Waals surface area contributed by atoms with Gasteiger partial charge in [0.1, 0.15) is 0 Å². The minimum Gasteiger partial charge on any atom is -0.283 e. The molecule has 1 rings (SSSR count). The molecular weight excluding hydrogens is 364 g/mol. The lowest BCUT2D eigenvalue weighted by molar-refractivity contribution is -0.385. The molecule has 0 aliphatic heterocycles. The van der Waals surface area contributed by atoms with E-state index in [0.29, 0.717) is 18.5 Å². The summed E-state index contributed by atoms with van der Waals surface area (Å²) in [7, 11) is -3.44. The van der Waals surface area contributed by atoms with Gasteiger partial charge in [0.15, 0.2) is 0 Å². The largest absolute Gasteiger partial charge is 0.283 e. The maximum absolute atomic E-state index is 12.2. The molecule has 0 radical (unpaired) electrons. The van der Waals surface area contributed by atoms with Gasteiger partial charge in [-0.25, -0.2) is 8.42 Å². The van der Waals surface area contributed by atoms with E-state index < -0.39 is 10.0 Å². The van der Waals surface area contributed by atoms with Crippen molar-refractivity contribution in [3.63, 3.8) is 0 Å². The van der Waals surface area contributed by atoms with E-state index >= 15 is 0 Å². The number of anilines is 1. The summed E-state index contributed by atoms with van der Waals surface area (Å²) in [5.74, 6) is -0.0193. The standard InChI is InChI=1S/C20H34N2O4S/c1-4-7-9-11-13-17-15-19(22(23)24)16-18(14-12-10-8-5-2)20(17)21-27(25,26)6-3/h15-16,21H,4-14H2,1-3H3. The second kappa shape index (κ2) is 12.0. The van der Waals surface area contributed by atoms with Crippen molar-refractivity contribution in [1.82, 2.24) is 0 Å². The van der Waals surface area contributed by atoms with Gasteiger partial charge < -0.3 is 0 Å². The Morgan fingerprint density at radius 3 is 1.74 bits per heavy atom. The van der Waals surface area contributed by atoms with Gasteiger partial charge in [0, 0.05) is 12.1 Å². The maximum Gasteiger partial charge on any atom is 0.270 e. The molecule has 1 N–H and O–H groups in total. The second-order valence-electron chi connectivity index (χ2n) is 7.02. The number of hydrogen-bond acceptors (Lipinski definition) is 4. The van der Waals surface area contributed by atoms with Crippen molar-refractivity contribution in [2.75, 3.05) is 10.5 Å². The van der Waals surface area contributed by atoms with Gasteiger partial charge in [0.05, 0.1) is 16.4 Å². The third kappa shape index (κ3) is 8.28. The average molecular weight is 399 g/mol. The number of benzene rings is 1. The van der Waals surface area contributed by atoms with E-state index in [1.54, 1.807) is 6.92 Å². The van der Waals surface area contributed by atoms with Crippen LogP contribution < -0.4 is 4.72 Å². The van der Waals surface area contributed by atoms with E-state index in [-0.39, 0.29) is 16.4 Å². The van der Waals surface area contributed by atoms with Crippen LogP contribution in [0, 0.1) is 10.1 Å². The minimum absolute atomic E-state index is 0.0193. The molecule has 154 valence electrons. The molecule has 0 saturated heterocycles. The fraction of sp³-hybridized carbons (Fsp3) is 0.700. The quantitative estimate of drug-likeness (QED) is 0.251. The van der Waals surface area contributed by atoms with Gasteiger partial charge in [-0.3, -0.25) is 14.8 Å². The van der Waals surface area contributed by atoms with Gasteiger partial charge in [0.25, 0.3) is 5.69 Å². The lowest BCUT2D eigenvalue weighted by Gasteiger charge is -2.17. The number of nitrogens with zero attached hydrogens (tertiary/aromatic N) is 1. The number of hydrogen-bond donors (Lipinski definition) is 1. The van der Waals surface area contributed by atoms with Crippen LogP contribution in [0.25, 0.3) is 0 Å². The van der Waals surface area contributed by atoms with Crippen LogP contribution >= 0.6 is 0 Å². The summed E-state index contributed by atoms with van der Waals surface area (Å²) in [5.41, 5.74) is 2.09. The number of nitro groups is 1.